The Kier molecular flexibility index (Phi) is 3.09. The Balaban J connectivity index is 2.07. The van der Waals surface area contributed by atoms with Gasteiger partial charge in [0.15, 0.2) is 0 Å². The molecule has 0 saturated carbocycles. The van der Waals surface area contributed by atoms with E-state index < -0.39 is 0 Å². The van der Waals surface area contributed by atoms with Crippen LogP contribution in [0.4, 0.5) is 0 Å². The predicted octanol–water partition coefficient (Wildman–Crippen LogP) is 0.977. The summed E-state index contributed by atoms with van der Waals surface area (Å²) in [6.45, 7) is 5.33. The van der Waals surface area contributed by atoms with Gasteiger partial charge >= 0.3 is 0 Å². The Morgan fingerprint density at radius 2 is 2.10 bits per heavy atom. The molecule has 1 aliphatic heterocycles. The van der Waals surface area contributed by atoms with Crippen molar-refractivity contribution in [3.63, 3.8) is 0 Å². The van der Waals surface area contributed by atoms with Crippen molar-refractivity contribution in [3.05, 3.63) is 0 Å². The van der Waals surface area contributed by atoms with E-state index in [2.05, 4.69) is 10.2 Å². The largest absolute Gasteiger partial charge is 0.367 e. The maximum atomic E-state index is 4.89. The fraction of sp³-hybridized carbons (Fsp3) is 0.857. The third kappa shape index (κ3) is 2.62. The number of likely N-dealkylation sites (tertiary alicyclic amines) is 1. The zero-order chi connectivity index (χ0) is 7.40. The minimum absolute atomic E-state index is 0.895. The second-order valence-corrected chi connectivity index (χ2v) is 3.33. The quantitative estimate of drug-likeness (QED) is 0.603. The van der Waals surface area contributed by atoms with Gasteiger partial charge in [-0.2, -0.15) is 0 Å². The van der Waals surface area contributed by atoms with E-state index in [9.17, 15) is 0 Å². The number of nitrogens with one attached hydrogen (secondary N) is 1. The standard InChI is InChI=1S/C7H14N2S/c1-7(10)8-6-9-4-2-3-5-9/h2-6H2,1H3,(H,8,10). The zero-order valence-electron chi connectivity index (χ0n) is 6.39. The third-order valence-corrected chi connectivity index (χ3v) is 1.89. The van der Waals surface area contributed by atoms with Gasteiger partial charge in [-0.15, -0.1) is 0 Å². The smallest absolute Gasteiger partial charge is 0.0731 e. The molecule has 0 aliphatic carbocycles. The molecule has 1 N–H and O–H groups in total. The lowest BCUT2D eigenvalue weighted by Crippen LogP contribution is -2.33. The van der Waals surface area contributed by atoms with Crippen molar-refractivity contribution in [1.82, 2.24) is 10.2 Å². The van der Waals surface area contributed by atoms with Crippen LogP contribution in [0.15, 0.2) is 0 Å². The Morgan fingerprint density at radius 3 is 2.60 bits per heavy atom. The van der Waals surface area contributed by atoms with Crippen LogP contribution >= 0.6 is 12.2 Å². The van der Waals surface area contributed by atoms with Gasteiger partial charge in [0.25, 0.3) is 0 Å². The average Bonchev–Trinajstić information content (AvgIpc) is 2.34. The summed E-state index contributed by atoms with van der Waals surface area (Å²) in [4.78, 5) is 3.28. The van der Waals surface area contributed by atoms with Crippen LogP contribution in [0.2, 0.25) is 0 Å². The maximum Gasteiger partial charge on any atom is 0.0731 e. The van der Waals surface area contributed by atoms with Crippen LogP contribution in [0.5, 0.6) is 0 Å². The van der Waals surface area contributed by atoms with Gasteiger partial charge in [0.05, 0.1) is 11.7 Å². The fourth-order valence-corrected chi connectivity index (χ4v) is 1.23. The number of hydrogen-bond donors (Lipinski definition) is 1. The van der Waals surface area contributed by atoms with Crippen LogP contribution in [0.25, 0.3) is 0 Å². The van der Waals surface area contributed by atoms with Crippen LogP contribution < -0.4 is 5.32 Å². The van der Waals surface area contributed by atoms with Gasteiger partial charge in [-0.3, -0.25) is 4.90 Å². The number of thiocarbonyl (C=S) groups is 1. The highest BCUT2D eigenvalue weighted by Crippen LogP contribution is 2.04. The summed E-state index contributed by atoms with van der Waals surface area (Å²) in [5.41, 5.74) is 0. The van der Waals surface area contributed by atoms with Crippen molar-refractivity contribution in [3.8, 4) is 0 Å². The van der Waals surface area contributed by atoms with E-state index in [0.29, 0.717) is 0 Å². The predicted molar refractivity (Wildman–Crippen MR) is 47.1 cm³/mol. The summed E-state index contributed by atoms with van der Waals surface area (Å²) in [6, 6.07) is 0. The molecule has 0 amide bonds. The highest BCUT2D eigenvalue weighted by Gasteiger charge is 2.09. The molecule has 0 unspecified atom stereocenters. The summed E-state index contributed by atoms with van der Waals surface area (Å²) < 4.78 is 0. The zero-order valence-corrected chi connectivity index (χ0v) is 7.21. The molecule has 0 radical (unpaired) electrons. The Labute approximate surface area is 67.6 Å². The van der Waals surface area contributed by atoms with Gasteiger partial charge in [0.1, 0.15) is 0 Å². The maximum absolute atomic E-state index is 4.89. The first-order valence-corrected chi connectivity index (χ1v) is 4.16. The molecular weight excluding hydrogens is 144 g/mol. The lowest BCUT2D eigenvalue weighted by Gasteiger charge is -2.14. The minimum Gasteiger partial charge on any atom is -0.367 e. The van der Waals surface area contributed by atoms with Gasteiger partial charge in [-0.1, -0.05) is 12.2 Å². The van der Waals surface area contributed by atoms with Crippen molar-refractivity contribution < 1.29 is 0 Å². The normalized spacial score (nSPS) is 19.3. The lowest BCUT2D eigenvalue weighted by molar-refractivity contribution is 0.333. The van der Waals surface area contributed by atoms with Gasteiger partial charge in [0.2, 0.25) is 0 Å². The number of rotatable bonds is 2. The van der Waals surface area contributed by atoms with Crippen LogP contribution in [-0.4, -0.2) is 29.6 Å². The van der Waals surface area contributed by atoms with Gasteiger partial charge in [0, 0.05) is 0 Å². The summed E-state index contributed by atoms with van der Waals surface area (Å²) in [7, 11) is 0. The molecule has 0 aromatic rings. The van der Waals surface area contributed by atoms with Crippen LogP contribution in [0.1, 0.15) is 19.8 Å². The number of nitrogens with zero attached hydrogens (tertiary/aromatic N) is 1. The van der Waals surface area contributed by atoms with Crippen molar-refractivity contribution in [2.24, 2.45) is 0 Å². The third-order valence-electron chi connectivity index (χ3n) is 1.75. The summed E-state index contributed by atoms with van der Waals surface area (Å²) >= 11 is 4.89. The van der Waals surface area contributed by atoms with Crippen molar-refractivity contribution in [2.45, 2.75) is 19.8 Å². The minimum atomic E-state index is 0.895. The van der Waals surface area contributed by atoms with E-state index in [1.54, 1.807) is 0 Å². The van der Waals surface area contributed by atoms with Crippen molar-refractivity contribution in [1.29, 1.82) is 0 Å². The fourth-order valence-electron chi connectivity index (χ4n) is 1.16. The topological polar surface area (TPSA) is 15.3 Å². The second kappa shape index (κ2) is 3.88. The van der Waals surface area contributed by atoms with E-state index in [1.807, 2.05) is 6.92 Å². The molecule has 10 heavy (non-hydrogen) atoms. The summed E-state index contributed by atoms with van der Waals surface area (Å²) in [6.07, 6.45) is 2.69. The van der Waals surface area contributed by atoms with E-state index in [-0.39, 0.29) is 0 Å². The Bertz CT molecular complexity index is 119. The first-order valence-electron chi connectivity index (χ1n) is 3.76. The molecule has 0 aromatic heterocycles. The van der Waals surface area contributed by atoms with Crippen molar-refractivity contribution >= 4 is 17.2 Å². The molecule has 3 heteroatoms. The molecule has 2 nitrogen and oxygen atoms in total. The van der Waals surface area contributed by atoms with Crippen LogP contribution in [0.3, 0.4) is 0 Å². The SMILES string of the molecule is CC(=S)NCN1CCCC1. The summed E-state index contributed by atoms with van der Waals surface area (Å²) in [5.74, 6) is 0. The first kappa shape index (κ1) is 7.95. The molecule has 0 bridgehead atoms. The molecule has 1 aliphatic rings. The molecule has 0 spiro atoms. The average molecular weight is 158 g/mol. The van der Waals surface area contributed by atoms with Gasteiger partial charge in [-0.25, -0.2) is 0 Å². The van der Waals surface area contributed by atoms with Crippen LogP contribution in [-0.2, 0) is 0 Å². The van der Waals surface area contributed by atoms with E-state index in [0.717, 1.165) is 11.7 Å². The Morgan fingerprint density at radius 1 is 1.50 bits per heavy atom. The molecule has 1 heterocycles. The molecule has 0 aromatic carbocycles. The highest BCUT2D eigenvalue weighted by atomic mass is 32.1. The summed E-state index contributed by atoms with van der Waals surface area (Å²) in [5, 5.41) is 3.14. The second-order valence-electron chi connectivity index (χ2n) is 2.72. The molecule has 58 valence electrons. The van der Waals surface area contributed by atoms with E-state index in [1.165, 1.54) is 25.9 Å². The lowest BCUT2D eigenvalue weighted by atomic mass is 10.4. The molecule has 1 saturated heterocycles. The monoisotopic (exact) mass is 158 g/mol. The Hall–Kier alpha value is -0.150. The van der Waals surface area contributed by atoms with Gasteiger partial charge in [-0.05, 0) is 32.9 Å². The van der Waals surface area contributed by atoms with Crippen LogP contribution in [0, 0.1) is 0 Å². The van der Waals surface area contributed by atoms with Gasteiger partial charge < -0.3 is 5.32 Å². The highest BCUT2D eigenvalue weighted by molar-refractivity contribution is 7.80. The molecule has 1 fully saturated rings. The first-order chi connectivity index (χ1) is 4.79. The molecular formula is C7H14N2S. The number of hydrogen-bond acceptors (Lipinski definition) is 2. The van der Waals surface area contributed by atoms with E-state index in [4.69, 9.17) is 12.2 Å². The van der Waals surface area contributed by atoms with Crippen molar-refractivity contribution in [2.75, 3.05) is 19.8 Å². The molecule has 1 rings (SSSR count). The van der Waals surface area contributed by atoms with E-state index >= 15 is 0 Å². The molecule has 0 atom stereocenters.